The molecule has 25 heavy (non-hydrogen) atoms. The number of methoxy groups -OCH3 is 1. The second-order valence-corrected chi connectivity index (χ2v) is 6.27. The third-order valence-corrected chi connectivity index (χ3v) is 4.78. The first-order valence-electron chi connectivity index (χ1n) is 8.41. The maximum Gasteiger partial charge on any atom is 0.259 e. The predicted molar refractivity (Wildman–Crippen MR) is 94.8 cm³/mol. The van der Waals surface area contributed by atoms with Gasteiger partial charge in [-0.2, -0.15) is 0 Å². The van der Waals surface area contributed by atoms with Gasteiger partial charge in [0.25, 0.3) is 5.91 Å². The highest BCUT2D eigenvalue weighted by atomic mass is 16.5. The Morgan fingerprint density at radius 3 is 2.92 bits per heavy atom. The van der Waals surface area contributed by atoms with Gasteiger partial charge in [-0.3, -0.25) is 4.79 Å². The number of fused-ring (bicyclic) bond motifs is 1. The first-order valence-corrected chi connectivity index (χ1v) is 8.41. The lowest BCUT2D eigenvalue weighted by molar-refractivity contribution is 0.0783. The Bertz CT molecular complexity index is 934. The summed E-state index contributed by atoms with van der Waals surface area (Å²) in [5, 5.41) is 0. The van der Waals surface area contributed by atoms with Gasteiger partial charge in [-0.25, -0.2) is 9.97 Å². The van der Waals surface area contributed by atoms with Crippen molar-refractivity contribution >= 4 is 16.9 Å². The number of benzene rings is 1. The van der Waals surface area contributed by atoms with Gasteiger partial charge in [-0.15, -0.1) is 0 Å². The molecule has 0 N–H and O–H groups in total. The van der Waals surface area contributed by atoms with Gasteiger partial charge in [0, 0.05) is 19.3 Å². The lowest BCUT2D eigenvalue weighted by Gasteiger charge is -2.19. The number of carbonyl (C=O) groups is 1. The number of amides is 1. The van der Waals surface area contributed by atoms with Crippen molar-refractivity contribution in [1.82, 2.24) is 19.4 Å². The summed E-state index contributed by atoms with van der Waals surface area (Å²) in [6, 6.07) is 11.9. The van der Waals surface area contributed by atoms with E-state index in [4.69, 9.17) is 4.74 Å². The Hall–Kier alpha value is -2.89. The smallest absolute Gasteiger partial charge is 0.259 e. The number of aryl methyl sites for hydroxylation is 1. The number of likely N-dealkylation sites (tertiary alicyclic amines) is 1. The molecule has 1 saturated heterocycles. The summed E-state index contributed by atoms with van der Waals surface area (Å²) in [7, 11) is 1.53. The summed E-state index contributed by atoms with van der Waals surface area (Å²) in [4.78, 5) is 23.5. The molecule has 1 aliphatic rings. The Balaban J connectivity index is 1.61. The maximum absolute atomic E-state index is 12.9. The molecule has 2 aromatic heterocycles. The summed E-state index contributed by atoms with van der Waals surface area (Å²) in [5.41, 5.74) is 2.63. The molecule has 0 radical (unpaired) electrons. The van der Waals surface area contributed by atoms with Crippen LogP contribution in [0, 0.1) is 6.92 Å². The van der Waals surface area contributed by atoms with Crippen LogP contribution in [0.2, 0.25) is 0 Å². The van der Waals surface area contributed by atoms with Crippen LogP contribution in [0.4, 0.5) is 0 Å². The van der Waals surface area contributed by atoms with Crippen molar-refractivity contribution < 1.29 is 9.53 Å². The Morgan fingerprint density at radius 1 is 1.24 bits per heavy atom. The van der Waals surface area contributed by atoms with Crippen LogP contribution in [0.5, 0.6) is 5.88 Å². The molecule has 0 saturated carbocycles. The van der Waals surface area contributed by atoms with Gasteiger partial charge in [0.2, 0.25) is 5.88 Å². The van der Waals surface area contributed by atoms with E-state index in [9.17, 15) is 4.79 Å². The van der Waals surface area contributed by atoms with Crippen molar-refractivity contribution in [3.8, 4) is 5.88 Å². The molecule has 0 aliphatic carbocycles. The van der Waals surface area contributed by atoms with Crippen LogP contribution in [0.25, 0.3) is 11.0 Å². The summed E-state index contributed by atoms with van der Waals surface area (Å²) >= 11 is 0. The van der Waals surface area contributed by atoms with E-state index in [2.05, 4.69) is 20.6 Å². The van der Waals surface area contributed by atoms with Crippen molar-refractivity contribution in [2.24, 2.45) is 0 Å². The Labute approximate surface area is 146 Å². The van der Waals surface area contributed by atoms with Crippen LogP contribution >= 0.6 is 0 Å². The quantitative estimate of drug-likeness (QED) is 0.738. The van der Waals surface area contributed by atoms with Crippen LogP contribution in [-0.4, -0.2) is 45.5 Å². The molecule has 0 spiro atoms. The number of para-hydroxylation sites is 2. The van der Waals surface area contributed by atoms with E-state index in [1.807, 2.05) is 30.0 Å². The molecule has 0 unspecified atom stereocenters. The van der Waals surface area contributed by atoms with Gasteiger partial charge in [0.15, 0.2) is 0 Å². The zero-order valence-electron chi connectivity index (χ0n) is 14.3. The van der Waals surface area contributed by atoms with E-state index in [-0.39, 0.29) is 11.9 Å². The van der Waals surface area contributed by atoms with Crippen LogP contribution in [-0.2, 0) is 0 Å². The minimum atomic E-state index is -0.0328. The van der Waals surface area contributed by atoms with Crippen LogP contribution < -0.4 is 4.74 Å². The SMILES string of the molecule is COc1ncccc1C(=O)N1CC[C@@H](n2c(C)nc3ccccc32)C1. The molecule has 1 amide bonds. The number of aromatic nitrogens is 3. The second kappa shape index (κ2) is 6.20. The van der Waals surface area contributed by atoms with Crippen molar-refractivity contribution in [3.05, 3.63) is 54.0 Å². The predicted octanol–water partition coefficient (Wildman–Crippen LogP) is 2.84. The number of pyridine rings is 1. The molecule has 4 rings (SSSR count). The van der Waals surface area contributed by atoms with Gasteiger partial charge in [0.05, 0.1) is 24.2 Å². The Morgan fingerprint density at radius 2 is 2.08 bits per heavy atom. The van der Waals surface area contributed by atoms with E-state index in [1.54, 1.807) is 18.3 Å². The van der Waals surface area contributed by atoms with Gasteiger partial charge >= 0.3 is 0 Å². The standard InChI is InChI=1S/C19H20N4O2/c1-13-21-16-7-3-4-8-17(16)23(13)14-9-11-22(12-14)19(24)15-6-5-10-20-18(15)25-2/h3-8,10,14H,9,11-12H2,1-2H3/t14-/m1/s1. The van der Waals surface area contributed by atoms with Gasteiger partial charge in [0.1, 0.15) is 11.4 Å². The van der Waals surface area contributed by atoms with Crippen molar-refractivity contribution in [2.45, 2.75) is 19.4 Å². The van der Waals surface area contributed by atoms with E-state index < -0.39 is 0 Å². The fraction of sp³-hybridized carbons (Fsp3) is 0.316. The van der Waals surface area contributed by atoms with Gasteiger partial charge < -0.3 is 14.2 Å². The second-order valence-electron chi connectivity index (χ2n) is 6.27. The highest BCUT2D eigenvalue weighted by Crippen LogP contribution is 2.29. The first-order chi connectivity index (χ1) is 12.2. The molecule has 3 heterocycles. The third-order valence-electron chi connectivity index (χ3n) is 4.78. The molecule has 1 aliphatic heterocycles. The monoisotopic (exact) mass is 336 g/mol. The van der Waals surface area contributed by atoms with E-state index >= 15 is 0 Å². The summed E-state index contributed by atoms with van der Waals surface area (Å²) < 4.78 is 7.48. The normalized spacial score (nSPS) is 17.2. The minimum absolute atomic E-state index is 0.0328. The molecule has 6 nitrogen and oxygen atoms in total. The molecule has 128 valence electrons. The lowest BCUT2D eigenvalue weighted by Crippen LogP contribution is -2.29. The Kier molecular flexibility index (Phi) is 3.87. The maximum atomic E-state index is 12.9. The first kappa shape index (κ1) is 15.6. The summed E-state index contributed by atoms with van der Waals surface area (Å²) in [5.74, 6) is 1.33. The average molecular weight is 336 g/mol. The molecule has 3 aromatic rings. The number of rotatable bonds is 3. The van der Waals surface area contributed by atoms with E-state index in [0.29, 0.717) is 24.5 Å². The van der Waals surface area contributed by atoms with Gasteiger partial charge in [-0.1, -0.05) is 12.1 Å². The number of imidazole rings is 1. The fourth-order valence-electron chi connectivity index (χ4n) is 3.65. The van der Waals surface area contributed by atoms with E-state index in [1.165, 1.54) is 7.11 Å². The molecular formula is C19H20N4O2. The molecule has 0 bridgehead atoms. The highest BCUT2D eigenvalue weighted by molar-refractivity contribution is 5.96. The van der Waals surface area contributed by atoms with Crippen molar-refractivity contribution in [1.29, 1.82) is 0 Å². The fourth-order valence-corrected chi connectivity index (χ4v) is 3.65. The largest absolute Gasteiger partial charge is 0.480 e. The van der Waals surface area contributed by atoms with Crippen LogP contribution in [0.1, 0.15) is 28.6 Å². The van der Waals surface area contributed by atoms with Gasteiger partial charge in [-0.05, 0) is 37.6 Å². The number of ether oxygens (including phenoxy) is 1. The average Bonchev–Trinajstić information content (AvgIpc) is 3.24. The topological polar surface area (TPSA) is 60.2 Å². The zero-order valence-corrected chi connectivity index (χ0v) is 14.3. The molecule has 1 fully saturated rings. The summed E-state index contributed by atoms with van der Waals surface area (Å²) in [6.45, 7) is 3.40. The molecular weight excluding hydrogens is 316 g/mol. The minimum Gasteiger partial charge on any atom is -0.480 e. The van der Waals surface area contributed by atoms with Crippen LogP contribution in [0.15, 0.2) is 42.6 Å². The molecule has 1 atom stereocenters. The number of hydrogen-bond acceptors (Lipinski definition) is 4. The lowest BCUT2D eigenvalue weighted by atomic mass is 10.2. The zero-order chi connectivity index (χ0) is 17.4. The van der Waals surface area contributed by atoms with Crippen molar-refractivity contribution in [2.75, 3.05) is 20.2 Å². The van der Waals surface area contributed by atoms with Crippen molar-refractivity contribution in [3.63, 3.8) is 0 Å². The van der Waals surface area contributed by atoms with E-state index in [0.717, 1.165) is 23.3 Å². The highest BCUT2D eigenvalue weighted by Gasteiger charge is 2.31. The summed E-state index contributed by atoms with van der Waals surface area (Å²) in [6.07, 6.45) is 2.54. The number of hydrogen-bond donors (Lipinski definition) is 0. The van der Waals surface area contributed by atoms with Crippen LogP contribution in [0.3, 0.4) is 0 Å². The number of nitrogens with zero attached hydrogens (tertiary/aromatic N) is 4. The number of carbonyl (C=O) groups excluding carboxylic acids is 1. The molecule has 1 aromatic carbocycles. The molecule has 6 heteroatoms. The third kappa shape index (κ3) is 2.63.